The lowest BCUT2D eigenvalue weighted by Gasteiger charge is -2.05. The van der Waals surface area contributed by atoms with Crippen LogP contribution < -0.4 is 0 Å². The van der Waals surface area contributed by atoms with Gasteiger partial charge >= 0.3 is 0 Å². The summed E-state index contributed by atoms with van der Waals surface area (Å²) < 4.78 is 0.793. The van der Waals surface area contributed by atoms with Crippen LogP contribution in [0.15, 0.2) is 56.7 Å². The molecular weight excluding hydrogens is 330 g/mol. The van der Waals surface area contributed by atoms with Gasteiger partial charge in [-0.3, -0.25) is 14.9 Å². The molecule has 0 atom stereocenters. The highest BCUT2D eigenvalue weighted by molar-refractivity contribution is 9.10. The molecule has 0 aromatic heterocycles. The van der Waals surface area contributed by atoms with Gasteiger partial charge in [-0.1, -0.05) is 39.8 Å². The lowest BCUT2D eigenvalue weighted by Crippen LogP contribution is -1.91. The minimum absolute atomic E-state index is 0.0345. The standard InChI is InChI=1S/C13H8BrNO3S/c14-10-5-6-12(9(7-10)8-16)19-13-4-2-1-3-11(13)15(17)18/h1-8H. The van der Waals surface area contributed by atoms with Crippen molar-refractivity contribution in [3.63, 3.8) is 0 Å². The van der Waals surface area contributed by atoms with Gasteiger partial charge in [-0.2, -0.15) is 0 Å². The number of nitro groups is 1. The van der Waals surface area contributed by atoms with Crippen LogP contribution in [0.4, 0.5) is 5.69 Å². The van der Waals surface area contributed by atoms with Crippen molar-refractivity contribution in [1.82, 2.24) is 0 Å². The highest BCUT2D eigenvalue weighted by atomic mass is 79.9. The first-order valence-corrected chi connectivity index (χ1v) is 6.89. The molecule has 0 fully saturated rings. The third-order valence-corrected chi connectivity index (χ3v) is 4.03. The van der Waals surface area contributed by atoms with Gasteiger partial charge in [-0.05, 0) is 24.3 Å². The SMILES string of the molecule is O=Cc1cc(Br)ccc1Sc1ccccc1[N+](=O)[O-]. The van der Waals surface area contributed by atoms with Gasteiger partial charge in [-0.15, -0.1) is 0 Å². The van der Waals surface area contributed by atoms with Gasteiger partial charge in [0.15, 0.2) is 6.29 Å². The van der Waals surface area contributed by atoms with Crippen molar-refractivity contribution in [2.24, 2.45) is 0 Å². The zero-order valence-electron chi connectivity index (χ0n) is 9.58. The number of aldehydes is 1. The van der Waals surface area contributed by atoms with Crippen LogP contribution in [-0.2, 0) is 0 Å². The van der Waals surface area contributed by atoms with E-state index >= 15 is 0 Å². The summed E-state index contributed by atoms with van der Waals surface area (Å²) in [7, 11) is 0. The van der Waals surface area contributed by atoms with Gasteiger partial charge in [-0.25, -0.2) is 0 Å². The van der Waals surface area contributed by atoms with Crippen molar-refractivity contribution in [3.05, 3.63) is 62.6 Å². The molecule has 0 heterocycles. The van der Waals surface area contributed by atoms with E-state index in [-0.39, 0.29) is 5.69 Å². The van der Waals surface area contributed by atoms with Crippen LogP contribution in [-0.4, -0.2) is 11.2 Å². The first-order valence-electron chi connectivity index (χ1n) is 5.28. The fourth-order valence-electron chi connectivity index (χ4n) is 1.52. The Balaban J connectivity index is 2.42. The van der Waals surface area contributed by atoms with Crippen molar-refractivity contribution < 1.29 is 9.72 Å². The van der Waals surface area contributed by atoms with Crippen molar-refractivity contribution in [2.75, 3.05) is 0 Å². The van der Waals surface area contributed by atoms with Crippen molar-refractivity contribution in [3.8, 4) is 0 Å². The highest BCUT2D eigenvalue weighted by Gasteiger charge is 2.15. The minimum atomic E-state index is -0.429. The van der Waals surface area contributed by atoms with Gasteiger partial charge in [0, 0.05) is 21.0 Å². The second-order valence-corrected chi connectivity index (χ2v) is 5.63. The molecule has 0 N–H and O–H groups in total. The summed E-state index contributed by atoms with van der Waals surface area (Å²) in [5.41, 5.74) is 0.532. The highest BCUT2D eigenvalue weighted by Crippen LogP contribution is 2.36. The molecule has 0 amide bonds. The van der Waals surface area contributed by atoms with E-state index in [0.29, 0.717) is 15.4 Å². The lowest BCUT2D eigenvalue weighted by atomic mass is 10.2. The molecule has 96 valence electrons. The van der Waals surface area contributed by atoms with Gasteiger partial charge in [0.1, 0.15) is 0 Å². The predicted octanol–water partition coefficient (Wildman–Crippen LogP) is 4.32. The number of nitro benzene ring substituents is 1. The molecule has 2 aromatic carbocycles. The Hall–Kier alpha value is -1.66. The zero-order valence-corrected chi connectivity index (χ0v) is 12.0. The average Bonchev–Trinajstić information content (AvgIpc) is 2.41. The van der Waals surface area contributed by atoms with Crippen LogP contribution in [0.5, 0.6) is 0 Å². The second-order valence-electron chi connectivity index (χ2n) is 3.63. The molecule has 4 nitrogen and oxygen atoms in total. The summed E-state index contributed by atoms with van der Waals surface area (Å²) >= 11 is 4.49. The summed E-state index contributed by atoms with van der Waals surface area (Å²) in [4.78, 5) is 22.7. The summed E-state index contributed by atoms with van der Waals surface area (Å²) in [6.07, 6.45) is 0.738. The van der Waals surface area contributed by atoms with Gasteiger partial charge in [0.25, 0.3) is 5.69 Å². The topological polar surface area (TPSA) is 60.2 Å². The van der Waals surface area contributed by atoms with E-state index < -0.39 is 4.92 Å². The Labute approximate surface area is 122 Å². The Kier molecular flexibility index (Phi) is 4.34. The van der Waals surface area contributed by atoms with E-state index in [1.165, 1.54) is 17.8 Å². The molecule has 0 saturated carbocycles. The summed E-state index contributed by atoms with van der Waals surface area (Å²) in [6, 6.07) is 11.7. The largest absolute Gasteiger partial charge is 0.298 e. The van der Waals surface area contributed by atoms with E-state index in [4.69, 9.17) is 0 Å². The monoisotopic (exact) mass is 337 g/mol. The van der Waals surface area contributed by atoms with Crippen molar-refractivity contribution in [1.29, 1.82) is 0 Å². The molecule has 6 heteroatoms. The zero-order chi connectivity index (χ0) is 13.8. The summed E-state index contributed by atoms with van der Waals surface area (Å²) in [5.74, 6) is 0. The Morgan fingerprint density at radius 1 is 1.16 bits per heavy atom. The molecule has 0 aliphatic carbocycles. The number of benzene rings is 2. The molecule has 19 heavy (non-hydrogen) atoms. The molecule has 0 saturated heterocycles. The van der Waals surface area contributed by atoms with E-state index in [0.717, 1.165) is 10.8 Å². The minimum Gasteiger partial charge on any atom is -0.298 e. The maximum atomic E-state index is 11.0. The maximum Gasteiger partial charge on any atom is 0.283 e. The third-order valence-electron chi connectivity index (χ3n) is 2.38. The smallest absolute Gasteiger partial charge is 0.283 e. The van der Waals surface area contributed by atoms with Crippen molar-refractivity contribution in [2.45, 2.75) is 9.79 Å². The molecular formula is C13H8BrNO3S. The lowest BCUT2D eigenvalue weighted by molar-refractivity contribution is -0.387. The van der Waals surface area contributed by atoms with E-state index in [1.807, 2.05) is 0 Å². The first-order chi connectivity index (χ1) is 9.11. The average molecular weight is 338 g/mol. The number of hydrogen-bond donors (Lipinski definition) is 0. The summed E-state index contributed by atoms with van der Waals surface area (Å²) in [6.45, 7) is 0. The fourth-order valence-corrected chi connectivity index (χ4v) is 2.89. The molecule has 0 aliphatic rings. The Morgan fingerprint density at radius 2 is 1.89 bits per heavy atom. The first kappa shape index (κ1) is 13.8. The number of hydrogen-bond acceptors (Lipinski definition) is 4. The van der Waals surface area contributed by atoms with E-state index in [9.17, 15) is 14.9 Å². The Morgan fingerprint density at radius 3 is 2.58 bits per heavy atom. The number of carbonyl (C=O) groups excluding carboxylic acids is 1. The predicted molar refractivity (Wildman–Crippen MR) is 76.7 cm³/mol. The van der Waals surface area contributed by atoms with Gasteiger partial charge in [0.05, 0.1) is 9.82 Å². The number of halogens is 1. The van der Waals surface area contributed by atoms with Gasteiger partial charge < -0.3 is 0 Å². The van der Waals surface area contributed by atoms with Crippen LogP contribution in [0.25, 0.3) is 0 Å². The van der Waals surface area contributed by atoms with E-state index in [2.05, 4.69) is 15.9 Å². The summed E-state index contributed by atoms with van der Waals surface area (Å²) in [5, 5.41) is 10.9. The molecule has 0 spiro atoms. The Bertz CT molecular complexity index is 646. The molecule has 2 rings (SSSR count). The molecule has 0 aliphatic heterocycles. The van der Waals surface area contributed by atoms with Crippen LogP contribution in [0, 0.1) is 10.1 Å². The normalized spacial score (nSPS) is 10.2. The maximum absolute atomic E-state index is 11.0. The van der Waals surface area contributed by atoms with Crippen LogP contribution in [0.1, 0.15) is 10.4 Å². The number of nitrogens with zero attached hydrogens (tertiary/aromatic N) is 1. The molecule has 0 unspecified atom stereocenters. The van der Waals surface area contributed by atoms with Crippen LogP contribution in [0.3, 0.4) is 0 Å². The quantitative estimate of drug-likeness (QED) is 0.473. The second kappa shape index (κ2) is 5.99. The molecule has 0 radical (unpaired) electrons. The number of carbonyl (C=O) groups is 1. The fraction of sp³-hybridized carbons (Fsp3) is 0. The van der Waals surface area contributed by atoms with E-state index in [1.54, 1.807) is 36.4 Å². The molecule has 0 bridgehead atoms. The van der Waals surface area contributed by atoms with Crippen molar-refractivity contribution >= 4 is 39.7 Å². The van der Waals surface area contributed by atoms with Crippen LogP contribution >= 0.6 is 27.7 Å². The number of rotatable bonds is 4. The van der Waals surface area contributed by atoms with Gasteiger partial charge in [0.2, 0.25) is 0 Å². The van der Waals surface area contributed by atoms with Crippen LogP contribution in [0.2, 0.25) is 0 Å². The third kappa shape index (κ3) is 3.21. The number of para-hydroxylation sites is 1. The molecule has 2 aromatic rings.